The molecule has 22 rings (SSSR count). The molecule has 2 N–H and O–H groups in total. The molecule has 22 aliphatic rings. The summed E-state index contributed by atoms with van der Waals surface area (Å²) in [5, 5.41) is 21.3. The van der Waals surface area contributed by atoms with Gasteiger partial charge in [-0.25, -0.2) is 0 Å². The summed E-state index contributed by atoms with van der Waals surface area (Å²) in [6.07, 6.45) is 32.6. The molecule has 0 aromatic carbocycles. The summed E-state index contributed by atoms with van der Waals surface area (Å²) >= 11 is 0. The number of hydrogen-bond donors (Lipinski definition) is 2. The molecule has 4 aliphatic heterocycles. The lowest BCUT2D eigenvalue weighted by atomic mass is 9.49. The lowest BCUT2D eigenvalue weighted by Gasteiger charge is -2.60. The number of rotatable bonds is 20. The van der Waals surface area contributed by atoms with Crippen molar-refractivity contribution in [3.05, 3.63) is 0 Å². The van der Waals surface area contributed by atoms with Gasteiger partial charge in [-0.3, -0.25) is 38.4 Å². The third-order valence-electron chi connectivity index (χ3n) is 36.0. The first kappa shape index (κ1) is 88.0. The van der Waals surface area contributed by atoms with Crippen LogP contribution in [0.3, 0.4) is 0 Å². The molecule has 19 nitrogen and oxygen atoms in total. The summed E-state index contributed by atoms with van der Waals surface area (Å²) in [4.78, 5) is 97.5. The minimum Gasteiger partial charge on any atom is -0.459 e. The first-order chi connectivity index (χ1) is 54.2. The molecule has 22 fully saturated rings. The lowest BCUT2D eigenvalue weighted by Crippen LogP contribution is -2.61. The van der Waals surface area contributed by atoms with E-state index < -0.39 is 45.1 Å². The van der Waals surface area contributed by atoms with E-state index in [0.717, 1.165) is 157 Å². The highest BCUT2D eigenvalue weighted by Gasteiger charge is 2.71. The van der Waals surface area contributed by atoms with Crippen LogP contribution in [0.15, 0.2) is 0 Å². The van der Waals surface area contributed by atoms with Crippen molar-refractivity contribution in [2.24, 2.45) is 139 Å². The summed E-state index contributed by atoms with van der Waals surface area (Å²) in [6, 6.07) is 0. The Labute approximate surface area is 695 Å². The average molecular weight is 1620 g/mol. The zero-order valence-electron chi connectivity index (χ0n) is 75.0. The molecular formula is C97H152O19. The third kappa shape index (κ3) is 16.1. The van der Waals surface area contributed by atoms with E-state index in [9.17, 15) is 48.6 Å². The van der Waals surface area contributed by atoms with Crippen LogP contribution in [0.25, 0.3) is 0 Å². The van der Waals surface area contributed by atoms with Crippen LogP contribution in [0, 0.1) is 139 Å². The van der Waals surface area contributed by atoms with Gasteiger partial charge in [-0.1, -0.05) is 55.4 Å². The van der Waals surface area contributed by atoms with Crippen LogP contribution in [-0.2, 0) is 81.0 Å². The van der Waals surface area contributed by atoms with Gasteiger partial charge in [0.15, 0.2) is 12.2 Å². The highest BCUT2D eigenvalue weighted by atomic mass is 16.7. The SMILES string of the molecule is CCC(C)(C)C(=O)OC1(CC)C2CC3CC(C2)CC1C3.CCC(C)(C)C(=O)OC1(CC)CC2CC1C1C3CCC(C3)C21.CCC(C)(C)C(=O)OC12CC3CC(CC(O)(C3)C1)C2.CCC(C)(C)C(=O)OC12CC3CC(CC(O)(C3)C1)C2.CCC(C)(C)C(=O)OC1C2CC3C(=O)OC1C3C2.CCC(C)(C)C(=O)OC1C2CC3C(=O)OC1C3O2. The van der Waals surface area contributed by atoms with E-state index in [-0.39, 0.29) is 117 Å². The maximum atomic E-state index is 12.7. The van der Waals surface area contributed by atoms with E-state index in [1.165, 1.54) is 70.6 Å². The molecule has 4 saturated heterocycles. The summed E-state index contributed by atoms with van der Waals surface area (Å²) in [7, 11) is 0. The lowest BCUT2D eigenvalue weighted by molar-refractivity contribution is -0.226. The van der Waals surface area contributed by atoms with Crippen LogP contribution in [0.4, 0.5) is 0 Å². The van der Waals surface area contributed by atoms with Crippen molar-refractivity contribution in [3.63, 3.8) is 0 Å². The molecule has 18 saturated carbocycles. The van der Waals surface area contributed by atoms with Crippen molar-refractivity contribution in [1.29, 1.82) is 0 Å². The van der Waals surface area contributed by atoms with Crippen LogP contribution in [0.1, 0.15) is 350 Å². The molecule has 116 heavy (non-hydrogen) atoms. The standard InChI is InChI=1S/C20H32O2.C18H30O2.2C16H26O3.C14H20O4.C13H18O5/c1-5-19(3,4)18(21)22-20(6-2)11-14-10-15(20)17-13-8-7-12(9-13)16(14)17;1-5-17(3,4)16(19)20-18(6-2)14-8-12-7-13(10-14)11-15(18)9-12;2*1-4-14(2,3)13(17)19-16-8-11-5-12(9-16)7-15(18,6-11)10-16;1-4-14(2,3)13(16)18-10-7-5-8-9(6-7)12(15)17-11(8)10;1-4-13(2,3)12(15)18-9-7-5-6-8(16-7)10(9)17-11(6)14/h12-17H,5-11H2,1-4H3;12-15H,5-11H2,1-4H3;2*11-12,18H,4-10H2,1-3H3;7-11H,4-6H2,1-3H3;6-10H,4-5H2,1-3H3. The quantitative estimate of drug-likeness (QED) is 0.0652. The predicted molar refractivity (Wildman–Crippen MR) is 437 cm³/mol. The number of carbonyl (C=O) groups is 8. The molecule has 0 amide bonds. The Morgan fingerprint density at radius 3 is 1.22 bits per heavy atom. The van der Waals surface area contributed by atoms with Crippen LogP contribution < -0.4 is 0 Å². The number of fused-ring (bicyclic) bond motifs is 11. The molecule has 21 atom stereocenters. The Morgan fingerprint density at radius 2 is 0.784 bits per heavy atom. The molecule has 20 bridgehead atoms. The van der Waals surface area contributed by atoms with Crippen molar-refractivity contribution < 1.29 is 91.2 Å². The predicted octanol–water partition coefficient (Wildman–Crippen LogP) is 18.4. The van der Waals surface area contributed by atoms with Crippen molar-refractivity contribution in [1.82, 2.24) is 0 Å². The first-order valence-electron chi connectivity index (χ1n) is 47.1. The van der Waals surface area contributed by atoms with Gasteiger partial charge in [0.25, 0.3) is 0 Å². The van der Waals surface area contributed by atoms with E-state index in [2.05, 4.69) is 27.7 Å². The topological polar surface area (TPSA) is 260 Å². The largest absolute Gasteiger partial charge is 0.459 e. The molecule has 21 unspecified atom stereocenters. The second-order valence-corrected chi connectivity index (χ2v) is 46.1. The number of esters is 8. The Balaban J connectivity index is 0.000000115. The second-order valence-electron chi connectivity index (χ2n) is 46.1. The van der Waals surface area contributed by atoms with E-state index in [1.807, 2.05) is 111 Å². The smallest absolute Gasteiger partial charge is 0.312 e. The molecule has 0 spiro atoms. The number of aliphatic hydroxyl groups is 2. The van der Waals surface area contributed by atoms with E-state index in [4.69, 9.17) is 42.6 Å². The van der Waals surface area contributed by atoms with Gasteiger partial charge in [0, 0.05) is 30.6 Å². The van der Waals surface area contributed by atoms with Gasteiger partial charge >= 0.3 is 47.8 Å². The molecule has 0 radical (unpaired) electrons. The fourth-order valence-corrected chi connectivity index (χ4v) is 27.8. The number of ether oxygens (including phenoxy) is 9. The van der Waals surface area contributed by atoms with Crippen molar-refractivity contribution in [3.8, 4) is 0 Å². The summed E-state index contributed by atoms with van der Waals surface area (Å²) in [5.74, 6) is 10.5. The molecular weight excluding hydrogens is 1470 g/mol. The number of carbonyl (C=O) groups excluding carboxylic acids is 8. The molecule has 19 heteroatoms. The molecule has 0 aromatic rings. The van der Waals surface area contributed by atoms with Gasteiger partial charge < -0.3 is 52.8 Å². The maximum absolute atomic E-state index is 12.7. The molecule has 0 aromatic heterocycles. The van der Waals surface area contributed by atoms with E-state index in [0.29, 0.717) is 78.9 Å². The Kier molecular flexibility index (Phi) is 23.9. The monoisotopic (exact) mass is 1620 g/mol. The van der Waals surface area contributed by atoms with Crippen LogP contribution in [0.2, 0.25) is 0 Å². The zero-order valence-corrected chi connectivity index (χ0v) is 75.0. The Bertz CT molecular complexity index is 3480. The normalized spacial score (nSPS) is 43.9. The second kappa shape index (κ2) is 31.5. The van der Waals surface area contributed by atoms with Gasteiger partial charge in [0.05, 0.1) is 61.6 Å². The molecule has 654 valence electrons. The highest BCUT2D eigenvalue weighted by molar-refractivity contribution is 5.81. The molecule has 18 aliphatic carbocycles. The van der Waals surface area contributed by atoms with Gasteiger partial charge in [0.2, 0.25) is 0 Å². The third-order valence-corrected chi connectivity index (χ3v) is 36.0. The Morgan fingerprint density at radius 1 is 0.379 bits per heavy atom. The summed E-state index contributed by atoms with van der Waals surface area (Å²) in [5.41, 5.74) is -4.54. The van der Waals surface area contributed by atoms with Crippen LogP contribution in [-0.4, -0.2) is 128 Å². The van der Waals surface area contributed by atoms with E-state index >= 15 is 0 Å². The van der Waals surface area contributed by atoms with Crippen molar-refractivity contribution >= 4 is 47.8 Å². The van der Waals surface area contributed by atoms with Crippen molar-refractivity contribution in [2.75, 3.05) is 0 Å². The molecule has 4 heterocycles. The minimum atomic E-state index is -0.555. The van der Waals surface area contributed by atoms with Gasteiger partial charge in [0.1, 0.15) is 40.7 Å². The van der Waals surface area contributed by atoms with Crippen LogP contribution >= 0.6 is 0 Å². The van der Waals surface area contributed by atoms with Gasteiger partial charge in [-0.05, 0) is 359 Å². The summed E-state index contributed by atoms with van der Waals surface area (Å²) < 4.78 is 52.0. The first-order valence-corrected chi connectivity index (χ1v) is 47.1. The maximum Gasteiger partial charge on any atom is 0.312 e. The average Bonchev–Trinajstić information content (AvgIpc) is 1.52. The highest BCUT2D eigenvalue weighted by Crippen LogP contribution is 2.72. The number of hydrogen-bond acceptors (Lipinski definition) is 19. The fourth-order valence-electron chi connectivity index (χ4n) is 27.8. The van der Waals surface area contributed by atoms with E-state index in [1.54, 1.807) is 0 Å². The van der Waals surface area contributed by atoms with Gasteiger partial charge in [-0.15, -0.1) is 0 Å². The van der Waals surface area contributed by atoms with Crippen LogP contribution in [0.5, 0.6) is 0 Å². The Hall–Kier alpha value is -4.36. The fraction of sp³-hybridized carbons (Fsp3) is 0.918. The minimum absolute atomic E-state index is 0.0364. The van der Waals surface area contributed by atoms with Crippen molar-refractivity contribution in [2.45, 2.75) is 421 Å². The van der Waals surface area contributed by atoms with Gasteiger partial charge in [-0.2, -0.15) is 0 Å². The summed E-state index contributed by atoms with van der Waals surface area (Å²) in [6.45, 7) is 40.0. The zero-order chi connectivity index (χ0) is 84.2.